The van der Waals surface area contributed by atoms with Crippen molar-refractivity contribution < 1.29 is 4.79 Å². The predicted octanol–water partition coefficient (Wildman–Crippen LogP) is 3.22. The highest BCUT2D eigenvalue weighted by Gasteiger charge is 2.07. The van der Waals surface area contributed by atoms with E-state index in [1.54, 1.807) is 24.3 Å². The molecule has 0 saturated heterocycles. The molecule has 0 heterocycles. The van der Waals surface area contributed by atoms with Crippen molar-refractivity contribution in [2.75, 3.05) is 5.73 Å². The number of hydrogen-bond donors (Lipinski definition) is 1. The molecule has 0 radical (unpaired) electrons. The standard InChI is InChI=1S/C11H8ClNO.ClH/c12-11(14)9-5-1-4-8-7(9)3-2-6-10(8)13;/h1-6H,13H2;1H. The van der Waals surface area contributed by atoms with Gasteiger partial charge >= 0.3 is 0 Å². The molecule has 2 aromatic rings. The minimum absolute atomic E-state index is 0. The Bertz CT molecular complexity index is 511. The van der Waals surface area contributed by atoms with Crippen molar-refractivity contribution in [3.05, 3.63) is 42.0 Å². The summed E-state index contributed by atoms with van der Waals surface area (Å²) in [6, 6.07) is 10.8. The van der Waals surface area contributed by atoms with Gasteiger partial charge in [-0.1, -0.05) is 24.3 Å². The van der Waals surface area contributed by atoms with Crippen molar-refractivity contribution in [3.63, 3.8) is 0 Å². The Labute approximate surface area is 98.4 Å². The number of nitrogen functional groups attached to an aromatic ring is 1. The van der Waals surface area contributed by atoms with E-state index in [9.17, 15) is 4.79 Å². The Balaban J connectivity index is 0.00000112. The van der Waals surface area contributed by atoms with E-state index in [0.29, 0.717) is 11.3 Å². The van der Waals surface area contributed by atoms with Crippen LogP contribution in [0.5, 0.6) is 0 Å². The molecule has 0 aliphatic rings. The zero-order chi connectivity index (χ0) is 10.1. The zero-order valence-corrected chi connectivity index (χ0v) is 9.31. The Morgan fingerprint density at radius 3 is 2.33 bits per heavy atom. The first-order valence-electron chi connectivity index (χ1n) is 4.17. The molecule has 2 rings (SSSR count). The maximum Gasteiger partial charge on any atom is 0.253 e. The third kappa shape index (κ3) is 2.06. The van der Waals surface area contributed by atoms with Gasteiger partial charge in [-0.15, -0.1) is 12.4 Å². The van der Waals surface area contributed by atoms with E-state index in [2.05, 4.69) is 0 Å². The monoisotopic (exact) mass is 241 g/mol. The Morgan fingerprint density at radius 1 is 1.07 bits per heavy atom. The topological polar surface area (TPSA) is 43.1 Å². The average Bonchev–Trinajstić information content (AvgIpc) is 2.17. The van der Waals surface area contributed by atoms with Gasteiger partial charge in [0.1, 0.15) is 0 Å². The highest BCUT2D eigenvalue weighted by atomic mass is 35.5. The Kier molecular flexibility index (Phi) is 3.56. The summed E-state index contributed by atoms with van der Waals surface area (Å²) in [5.41, 5.74) is 6.92. The highest BCUT2D eigenvalue weighted by Crippen LogP contribution is 2.24. The van der Waals surface area contributed by atoms with Crippen LogP contribution in [0.1, 0.15) is 10.4 Å². The number of carbonyl (C=O) groups excluding carboxylic acids is 1. The van der Waals surface area contributed by atoms with Gasteiger partial charge < -0.3 is 5.73 Å². The molecule has 0 bridgehead atoms. The van der Waals surface area contributed by atoms with Gasteiger partial charge in [-0.25, -0.2) is 0 Å². The van der Waals surface area contributed by atoms with Crippen molar-refractivity contribution in [1.29, 1.82) is 0 Å². The van der Waals surface area contributed by atoms with Gasteiger partial charge in [-0.3, -0.25) is 4.79 Å². The van der Waals surface area contributed by atoms with Crippen LogP contribution in [0, 0.1) is 0 Å². The van der Waals surface area contributed by atoms with Crippen LogP contribution in [0.4, 0.5) is 5.69 Å². The summed E-state index contributed by atoms with van der Waals surface area (Å²) in [5, 5.41) is 1.20. The zero-order valence-electron chi connectivity index (χ0n) is 7.74. The summed E-state index contributed by atoms with van der Waals surface area (Å²) in [5.74, 6) is 0. The molecule has 0 aliphatic heterocycles. The summed E-state index contributed by atoms with van der Waals surface area (Å²) in [6.45, 7) is 0. The summed E-state index contributed by atoms with van der Waals surface area (Å²) in [4.78, 5) is 11.1. The Hall–Kier alpha value is -1.25. The molecule has 78 valence electrons. The molecule has 0 unspecified atom stereocenters. The summed E-state index contributed by atoms with van der Waals surface area (Å²) >= 11 is 5.45. The van der Waals surface area contributed by atoms with Crippen LogP contribution in [0.2, 0.25) is 0 Å². The first-order chi connectivity index (χ1) is 6.70. The molecule has 15 heavy (non-hydrogen) atoms. The first kappa shape index (κ1) is 11.8. The number of fused-ring (bicyclic) bond motifs is 1. The highest BCUT2D eigenvalue weighted by molar-refractivity contribution is 6.68. The molecule has 0 amide bonds. The van der Waals surface area contributed by atoms with Gasteiger partial charge in [0.25, 0.3) is 5.24 Å². The Morgan fingerprint density at radius 2 is 1.67 bits per heavy atom. The summed E-state index contributed by atoms with van der Waals surface area (Å²) in [7, 11) is 0. The SMILES string of the molecule is Cl.Nc1cccc2c(C(=O)Cl)cccc12. The fourth-order valence-corrected chi connectivity index (χ4v) is 1.67. The maximum absolute atomic E-state index is 11.1. The molecular formula is C11H9Cl2NO. The molecule has 0 fully saturated rings. The quantitative estimate of drug-likeness (QED) is 0.616. The van der Waals surface area contributed by atoms with Crippen LogP contribution >= 0.6 is 24.0 Å². The van der Waals surface area contributed by atoms with E-state index in [1.807, 2.05) is 12.1 Å². The van der Waals surface area contributed by atoms with E-state index in [4.69, 9.17) is 17.3 Å². The minimum atomic E-state index is -0.457. The van der Waals surface area contributed by atoms with Crippen LogP contribution in [0.25, 0.3) is 10.8 Å². The van der Waals surface area contributed by atoms with Crippen molar-refractivity contribution >= 4 is 45.7 Å². The van der Waals surface area contributed by atoms with Gasteiger partial charge in [0.05, 0.1) is 0 Å². The van der Waals surface area contributed by atoms with Crippen molar-refractivity contribution in [1.82, 2.24) is 0 Å². The lowest BCUT2D eigenvalue weighted by atomic mass is 10.0. The van der Waals surface area contributed by atoms with Gasteiger partial charge in [0.15, 0.2) is 0 Å². The normalized spacial score (nSPS) is 9.67. The van der Waals surface area contributed by atoms with Crippen molar-refractivity contribution in [3.8, 4) is 0 Å². The molecule has 0 saturated carbocycles. The molecule has 0 atom stereocenters. The average molecular weight is 242 g/mol. The number of anilines is 1. The molecular weight excluding hydrogens is 233 g/mol. The maximum atomic E-state index is 11.1. The molecule has 2 aromatic carbocycles. The van der Waals surface area contributed by atoms with E-state index < -0.39 is 5.24 Å². The number of halogens is 2. The van der Waals surface area contributed by atoms with Crippen LogP contribution in [0.3, 0.4) is 0 Å². The van der Waals surface area contributed by atoms with Crippen LogP contribution in [-0.4, -0.2) is 5.24 Å². The van der Waals surface area contributed by atoms with Gasteiger partial charge in [-0.2, -0.15) is 0 Å². The lowest BCUT2D eigenvalue weighted by molar-refractivity contribution is 0.108. The van der Waals surface area contributed by atoms with E-state index in [1.165, 1.54) is 0 Å². The molecule has 2 N–H and O–H groups in total. The van der Waals surface area contributed by atoms with E-state index in [-0.39, 0.29) is 12.4 Å². The molecule has 4 heteroatoms. The largest absolute Gasteiger partial charge is 0.398 e. The number of benzene rings is 2. The third-order valence-electron chi connectivity index (χ3n) is 2.17. The van der Waals surface area contributed by atoms with E-state index in [0.717, 1.165) is 10.8 Å². The number of hydrogen-bond acceptors (Lipinski definition) is 2. The lowest BCUT2D eigenvalue weighted by Gasteiger charge is -2.04. The van der Waals surface area contributed by atoms with Crippen LogP contribution in [0.15, 0.2) is 36.4 Å². The van der Waals surface area contributed by atoms with Crippen LogP contribution in [-0.2, 0) is 0 Å². The van der Waals surface area contributed by atoms with Gasteiger partial charge in [0, 0.05) is 16.6 Å². The summed E-state index contributed by atoms with van der Waals surface area (Å²) < 4.78 is 0. The third-order valence-corrected chi connectivity index (χ3v) is 2.37. The number of nitrogens with two attached hydrogens (primary N) is 1. The minimum Gasteiger partial charge on any atom is -0.398 e. The fourth-order valence-electron chi connectivity index (χ4n) is 1.51. The van der Waals surface area contributed by atoms with Gasteiger partial charge in [-0.05, 0) is 29.1 Å². The smallest absolute Gasteiger partial charge is 0.253 e. The molecule has 0 aliphatic carbocycles. The van der Waals surface area contributed by atoms with Gasteiger partial charge in [0.2, 0.25) is 0 Å². The second-order valence-electron chi connectivity index (χ2n) is 3.02. The molecule has 2 nitrogen and oxygen atoms in total. The second-order valence-corrected chi connectivity index (χ2v) is 3.36. The number of rotatable bonds is 1. The second kappa shape index (κ2) is 4.51. The van der Waals surface area contributed by atoms with Crippen molar-refractivity contribution in [2.45, 2.75) is 0 Å². The molecule has 0 spiro atoms. The lowest BCUT2D eigenvalue weighted by Crippen LogP contribution is -1.93. The predicted molar refractivity (Wildman–Crippen MR) is 65.8 cm³/mol. The van der Waals surface area contributed by atoms with Crippen molar-refractivity contribution in [2.24, 2.45) is 0 Å². The summed E-state index contributed by atoms with van der Waals surface area (Å²) in [6.07, 6.45) is 0. The van der Waals surface area contributed by atoms with E-state index >= 15 is 0 Å². The fraction of sp³-hybridized carbons (Fsp3) is 0. The number of carbonyl (C=O) groups is 1. The first-order valence-corrected chi connectivity index (χ1v) is 4.55. The van der Waals surface area contributed by atoms with Crippen LogP contribution < -0.4 is 5.73 Å². The molecule has 0 aromatic heterocycles.